The molecule has 1 aliphatic rings. The normalized spacial score (nSPS) is 16.5. The number of pyridine rings is 1. The molecule has 4 rings (SSSR count). The minimum atomic E-state index is -0.294. The molecule has 0 saturated heterocycles. The number of aromatic nitrogens is 4. The Balaban J connectivity index is 1.49. The van der Waals surface area contributed by atoms with Gasteiger partial charge in [-0.15, -0.1) is 16.8 Å². The molecule has 1 amide bonds. The summed E-state index contributed by atoms with van der Waals surface area (Å²) in [6.45, 7) is 6.32. The van der Waals surface area contributed by atoms with Gasteiger partial charge in [0.25, 0.3) is 0 Å². The molecule has 2 aromatic heterocycles. The van der Waals surface area contributed by atoms with Gasteiger partial charge in [-0.1, -0.05) is 42.1 Å². The summed E-state index contributed by atoms with van der Waals surface area (Å²) in [4.78, 5) is 17.0. The highest BCUT2D eigenvalue weighted by atomic mass is 32.2. The Hall–Kier alpha value is -2.93. The minimum absolute atomic E-state index is 0.0142. The van der Waals surface area contributed by atoms with Gasteiger partial charge in [0.15, 0.2) is 11.0 Å². The van der Waals surface area contributed by atoms with E-state index in [1.54, 1.807) is 12.4 Å². The van der Waals surface area contributed by atoms with Gasteiger partial charge >= 0.3 is 0 Å². The highest BCUT2D eigenvalue weighted by molar-refractivity contribution is 8.00. The molecule has 154 valence electrons. The highest BCUT2D eigenvalue weighted by Gasteiger charge is 2.25. The standard InChI is InChI=1S/C23H25N5OS/c1-3-15-28-21(18-11-13-24-14-12-18)26-27-23(28)30-16(2)22(29)25-20-10-6-8-17-7-4-5-9-19(17)20/h3-5,7,9,11-14,16,20H,1,6,8,10,15H2,2H3,(H,25,29)/t16-,20+/m1/s1. The zero-order valence-electron chi connectivity index (χ0n) is 17.0. The molecule has 0 unspecified atom stereocenters. The van der Waals surface area contributed by atoms with E-state index in [0.717, 1.165) is 30.7 Å². The predicted molar refractivity (Wildman–Crippen MR) is 119 cm³/mol. The molecule has 1 aromatic carbocycles. The number of nitrogens with one attached hydrogen (secondary N) is 1. The molecule has 3 aromatic rings. The molecule has 1 aliphatic carbocycles. The zero-order chi connectivity index (χ0) is 20.9. The number of hydrogen-bond acceptors (Lipinski definition) is 5. The Morgan fingerprint density at radius 1 is 1.30 bits per heavy atom. The fourth-order valence-electron chi connectivity index (χ4n) is 3.79. The van der Waals surface area contributed by atoms with E-state index in [9.17, 15) is 4.79 Å². The van der Waals surface area contributed by atoms with Crippen LogP contribution < -0.4 is 5.32 Å². The molecular formula is C23H25N5OS. The predicted octanol–water partition coefficient (Wildman–Crippen LogP) is 4.20. The van der Waals surface area contributed by atoms with E-state index < -0.39 is 0 Å². The first kappa shape index (κ1) is 20.3. The van der Waals surface area contributed by atoms with Crippen LogP contribution >= 0.6 is 11.8 Å². The summed E-state index contributed by atoms with van der Waals surface area (Å²) >= 11 is 1.42. The summed E-state index contributed by atoms with van der Waals surface area (Å²) < 4.78 is 1.98. The number of carbonyl (C=O) groups is 1. The van der Waals surface area contributed by atoms with Crippen LogP contribution in [-0.2, 0) is 17.8 Å². The van der Waals surface area contributed by atoms with Crippen molar-refractivity contribution in [1.29, 1.82) is 0 Å². The molecule has 6 nitrogen and oxygen atoms in total. The molecule has 0 spiro atoms. The fourth-order valence-corrected chi connectivity index (χ4v) is 4.66. The first-order valence-electron chi connectivity index (χ1n) is 10.2. The molecule has 30 heavy (non-hydrogen) atoms. The van der Waals surface area contributed by atoms with Crippen LogP contribution in [0.15, 0.2) is 66.6 Å². The average Bonchev–Trinajstić information content (AvgIpc) is 3.17. The fraction of sp³-hybridized carbons (Fsp3) is 0.304. The van der Waals surface area contributed by atoms with Crippen molar-refractivity contribution in [3.63, 3.8) is 0 Å². The van der Waals surface area contributed by atoms with E-state index in [1.807, 2.05) is 35.8 Å². The Labute approximate surface area is 180 Å². The lowest BCUT2D eigenvalue weighted by Gasteiger charge is -2.27. The van der Waals surface area contributed by atoms with Gasteiger partial charge in [0.1, 0.15) is 0 Å². The number of hydrogen-bond donors (Lipinski definition) is 1. The Morgan fingerprint density at radius 2 is 2.10 bits per heavy atom. The average molecular weight is 420 g/mol. The molecule has 2 heterocycles. The lowest BCUT2D eigenvalue weighted by atomic mass is 9.88. The summed E-state index contributed by atoms with van der Waals surface area (Å²) in [7, 11) is 0. The third kappa shape index (κ3) is 4.31. The van der Waals surface area contributed by atoms with Crippen LogP contribution in [0.2, 0.25) is 0 Å². The third-order valence-corrected chi connectivity index (χ3v) is 6.38. The van der Waals surface area contributed by atoms with Gasteiger partial charge in [-0.2, -0.15) is 0 Å². The van der Waals surface area contributed by atoms with Crippen LogP contribution in [0.25, 0.3) is 11.4 Å². The topological polar surface area (TPSA) is 72.7 Å². The smallest absolute Gasteiger partial charge is 0.233 e. The minimum Gasteiger partial charge on any atom is -0.348 e. The first-order valence-corrected chi connectivity index (χ1v) is 11.0. The van der Waals surface area contributed by atoms with Gasteiger partial charge in [0, 0.05) is 24.5 Å². The number of fused-ring (bicyclic) bond motifs is 1. The van der Waals surface area contributed by atoms with Crippen LogP contribution in [0.1, 0.15) is 36.9 Å². The summed E-state index contributed by atoms with van der Waals surface area (Å²) in [6.07, 6.45) is 8.41. The number of rotatable bonds is 7. The van der Waals surface area contributed by atoms with E-state index in [4.69, 9.17) is 0 Å². The lowest BCUT2D eigenvalue weighted by Crippen LogP contribution is -2.36. The van der Waals surface area contributed by atoms with Crippen molar-refractivity contribution in [1.82, 2.24) is 25.1 Å². The molecule has 0 aliphatic heterocycles. The summed E-state index contributed by atoms with van der Waals surface area (Å²) in [5.41, 5.74) is 3.51. The van der Waals surface area contributed by atoms with Crippen LogP contribution in [0.5, 0.6) is 0 Å². The maximum Gasteiger partial charge on any atom is 0.233 e. The van der Waals surface area contributed by atoms with E-state index in [2.05, 4.69) is 45.3 Å². The second-order valence-corrected chi connectivity index (χ2v) is 8.66. The van der Waals surface area contributed by atoms with E-state index in [1.165, 1.54) is 22.9 Å². The first-order chi connectivity index (χ1) is 14.7. The number of nitrogens with zero attached hydrogens (tertiary/aromatic N) is 4. The lowest BCUT2D eigenvalue weighted by molar-refractivity contribution is -0.121. The van der Waals surface area contributed by atoms with Crippen LogP contribution in [0, 0.1) is 0 Å². The molecule has 7 heteroatoms. The largest absolute Gasteiger partial charge is 0.348 e. The molecule has 2 atom stereocenters. The van der Waals surface area contributed by atoms with Crippen molar-refractivity contribution in [3.05, 3.63) is 72.6 Å². The Morgan fingerprint density at radius 3 is 2.90 bits per heavy atom. The van der Waals surface area contributed by atoms with E-state index >= 15 is 0 Å². The van der Waals surface area contributed by atoms with Gasteiger partial charge in [0.05, 0.1) is 11.3 Å². The summed E-state index contributed by atoms with van der Waals surface area (Å²) in [6, 6.07) is 12.3. The number of carbonyl (C=O) groups excluding carboxylic acids is 1. The number of benzene rings is 1. The maximum atomic E-state index is 13.0. The summed E-state index contributed by atoms with van der Waals surface area (Å²) in [5.74, 6) is 0.758. The number of allylic oxidation sites excluding steroid dienone is 1. The number of amides is 1. The van der Waals surface area contributed by atoms with Crippen molar-refractivity contribution in [3.8, 4) is 11.4 Å². The van der Waals surface area contributed by atoms with Crippen LogP contribution in [-0.4, -0.2) is 30.9 Å². The van der Waals surface area contributed by atoms with Crippen LogP contribution in [0.4, 0.5) is 0 Å². The van der Waals surface area contributed by atoms with Crippen molar-refractivity contribution >= 4 is 17.7 Å². The molecule has 0 saturated carbocycles. The molecular weight excluding hydrogens is 394 g/mol. The van der Waals surface area contributed by atoms with Crippen molar-refractivity contribution in [2.24, 2.45) is 0 Å². The second-order valence-electron chi connectivity index (χ2n) is 7.35. The maximum absolute atomic E-state index is 13.0. The monoisotopic (exact) mass is 419 g/mol. The quantitative estimate of drug-likeness (QED) is 0.459. The van der Waals surface area contributed by atoms with Gasteiger partial charge in [-0.25, -0.2) is 0 Å². The van der Waals surface area contributed by atoms with Gasteiger partial charge in [-0.05, 0) is 49.4 Å². The third-order valence-electron chi connectivity index (χ3n) is 5.30. The molecule has 0 fully saturated rings. The van der Waals surface area contributed by atoms with E-state index in [-0.39, 0.29) is 17.2 Å². The number of aryl methyl sites for hydroxylation is 1. The number of thioether (sulfide) groups is 1. The zero-order valence-corrected chi connectivity index (χ0v) is 17.8. The molecule has 0 radical (unpaired) electrons. The highest BCUT2D eigenvalue weighted by Crippen LogP contribution is 2.31. The summed E-state index contributed by atoms with van der Waals surface area (Å²) in [5, 5.41) is 12.3. The van der Waals surface area contributed by atoms with Gasteiger partial charge < -0.3 is 5.32 Å². The molecule has 0 bridgehead atoms. The second kappa shape index (κ2) is 9.26. The van der Waals surface area contributed by atoms with Crippen LogP contribution in [0.3, 0.4) is 0 Å². The van der Waals surface area contributed by atoms with Crippen molar-refractivity contribution in [2.75, 3.05) is 0 Å². The Kier molecular flexibility index (Phi) is 6.28. The van der Waals surface area contributed by atoms with Crippen molar-refractivity contribution in [2.45, 2.75) is 49.2 Å². The molecule has 1 N–H and O–H groups in total. The van der Waals surface area contributed by atoms with Crippen molar-refractivity contribution < 1.29 is 4.79 Å². The Bertz CT molecular complexity index is 1030. The van der Waals surface area contributed by atoms with E-state index in [0.29, 0.717) is 11.7 Å². The van der Waals surface area contributed by atoms with Gasteiger partial charge in [0.2, 0.25) is 5.91 Å². The SMILES string of the molecule is C=CCn1c(S[C@H](C)C(=O)N[C@H]2CCCc3ccccc32)nnc1-c1ccncc1. The van der Waals surface area contributed by atoms with Gasteiger partial charge in [-0.3, -0.25) is 14.3 Å².